The lowest BCUT2D eigenvalue weighted by atomic mass is 9.95. The summed E-state index contributed by atoms with van der Waals surface area (Å²) in [5, 5.41) is 2.46. The molecule has 25 heavy (non-hydrogen) atoms. The van der Waals surface area contributed by atoms with Crippen molar-refractivity contribution in [1.82, 2.24) is 9.62 Å². The van der Waals surface area contributed by atoms with Gasteiger partial charge in [-0.25, -0.2) is 12.8 Å². The Morgan fingerprint density at radius 3 is 2.64 bits per heavy atom. The van der Waals surface area contributed by atoms with Gasteiger partial charge < -0.3 is 10.1 Å². The van der Waals surface area contributed by atoms with Crippen molar-refractivity contribution in [1.29, 1.82) is 0 Å². The van der Waals surface area contributed by atoms with E-state index >= 15 is 4.39 Å². The number of nitrogens with zero attached hydrogens (tertiary/aromatic N) is 1. The average Bonchev–Trinajstić information content (AvgIpc) is 2.62. The summed E-state index contributed by atoms with van der Waals surface area (Å²) in [7, 11) is -2.35. The van der Waals surface area contributed by atoms with Gasteiger partial charge in [-0.3, -0.25) is 4.79 Å². The Labute approximate surface area is 148 Å². The molecule has 0 spiro atoms. The minimum Gasteiger partial charge on any atom is -0.383 e. The summed E-state index contributed by atoms with van der Waals surface area (Å²) in [6, 6.07) is 6.55. The first-order chi connectivity index (χ1) is 11.8. The number of benzene rings is 1. The monoisotopic (exact) mass is 372 g/mol. The minimum atomic E-state index is -3.83. The summed E-state index contributed by atoms with van der Waals surface area (Å²) in [6.07, 6.45) is 1.10. The van der Waals surface area contributed by atoms with Crippen LogP contribution in [0, 0.1) is 0 Å². The molecule has 0 saturated carbocycles. The highest BCUT2D eigenvalue weighted by Crippen LogP contribution is 2.29. The van der Waals surface area contributed by atoms with E-state index in [4.69, 9.17) is 4.74 Å². The first-order valence-electron chi connectivity index (χ1n) is 8.39. The fourth-order valence-corrected chi connectivity index (χ4v) is 4.36. The molecule has 1 aromatic rings. The van der Waals surface area contributed by atoms with Gasteiger partial charge in [0.25, 0.3) is 5.91 Å². The number of hydrogen-bond acceptors (Lipinski definition) is 4. The molecule has 140 valence electrons. The molecule has 1 heterocycles. The molecular weight excluding hydrogens is 347 g/mol. The normalized spacial score (nSPS) is 21.9. The van der Waals surface area contributed by atoms with Gasteiger partial charge in [0.15, 0.2) is 0 Å². The van der Waals surface area contributed by atoms with E-state index in [2.05, 4.69) is 5.32 Å². The molecule has 6 nitrogen and oxygen atoms in total. The van der Waals surface area contributed by atoms with Gasteiger partial charge >= 0.3 is 0 Å². The van der Waals surface area contributed by atoms with Crippen molar-refractivity contribution < 1.29 is 22.3 Å². The van der Waals surface area contributed by atoms with Crippen molar-refractivity contribution in [2.24, 2.45) is 0 Å². The Hall–Kier alpha value is -1.51. The van der Waals surface area contributed by atoms with Gasteiger partial charge in [0.1, 0.15) is 0 Å². The second-order valence-electron chi connectivity index (χ2n) is 6.15. The molecule has 1 atom stereocenters. The molecule has 0 radical (unpaired) electrons. The Kier molecular flexibility index (Phi) is 6.53. The van der Waals surface area contributed by atoms with Crippen molar-refractivity contribution in [3.8, 4) is 0 Å². The van der Waals surface area contributed by atoms with Crippen LogP contribution in [0.4, 0.5) is 4.39 Å². The molecule has 1 amide bonds. The van der Waals surface area contributed by atoms with E-state index in [0.717, 1.165) is 16.3 Å². The van der Waals surface area contributed by atoms with Crippen molar-refractivity contribution in [2.75, 3.05) is 33.4 Å². The SMILES string of the molecule is CCc1ccc(S(=O)(=O)N2CCCC(F)(C(=O)NCCOC)C2)cc1. The Bertz CT molecular complexity index is 693. The highest BCUT2D eigenvalue weighted by molar-refractivity contribution is 7.89. The van der Waals surface area contributed by atoms with Crippen LogP contribution in [-0.4, -0.2) is 57.6 Å². The van der Waals surface area contributed by atoms with Crippen molar-refractivity contribution in [3.05, 3.63) is 29.8 Å². The standard InChI is InChI=1S/C17H25FN2O4S/c1-3-14-5-7-15(8-6-14)25(22,23)20-11-4-9-17(18,13-20)16(21)19-10-12-24-2/h5-8H,3-4,9-13H2,1-2H3,(H,19,21). The Morgan fingerprint density at radius 1 is 1.36 bits per heavy atom. The fraction of sp³-hybridized carbons (Fsp3) is 0.588. The van der Waals surface area contributed by atoms with Gasteiger partial charge in [0.2, 0.25) is 15.7 Å². The highest BCUT2D eigenvalue weighted by atomic mass is 32.2. The number of halogens is 1. The molecule has 0 aliphatic carbocycles. The third-order valence-electron chi connectivity index (χ3n) is 4.38. The molecule has 1 aliphatic heterocycles. The van der Waals surface area contributed by atoms with Crippen LogP contribution in [0.15, 0.2) is 29.2 Å². The molecule has 0 bridgehead atoms. The number of alkyl halides is 1. The van der Waals surface area contributed by atoms with Gasteiger partial charge in [0.05, 0.1) is 18.0 Å². The lowest BCUT2D eigenvalue weighted by Crippen LogP contribution is -2.55. The first kappa shape index (κ1) is 19.8. The summed E-state index contributed by atoms with van der Waals surface area (Å²) >= 11 is 0. The maximum atomic E-state index is 15.0. The summed E-state index contributed by atoms with van der Waals surface area (Å²) in [4.78, 5) is 12.2. The molecule has 1 N–H and O–H groups in total. The molecule has 0 aromatic heterocycles. The number of rotatable bonds is 7. The van der Waals surface area contributed by atoms with Crippen LogP contribution in [0.25, 0.3) is 0 Å². The van der Waals surface area contributed by atoms with Crippen LogP contribution < -0.4 is 5.32 Å². The molecule has 1 saturated heterocycles. The van der Waals surface area contributed by atoms with E-state index in [-0.39, 0.29) is 31.0 Å². The van der Waals surface area contributed by atoms with E-state index in [1.807, 2.05) is 6.92 Å². The number of hydrogen-bond donors (Lipinski definition) is 1. The van der Waals surface area contributed by atoms with E-state index in [1.54, 1.807) is 12.1 Å². The van der Waals surface area contributed by atoms with E-state index in [0.29, 0.717) is 6.42 Å². The predicted octanol–water partition coefficient (Wildman–Crippen LogP) is 1.50. The van der Waals surface area contributed by atoms with Crippen LogP contribution >= 0.6 is 0 Å². The minimum absolute atomic E-state index is 0.00656. The molecule has 1 unspecified atom stereocenters. The third-order valence-corrected chi connectivity index (χ3v) is 6.23. The van der Waals surface area contributed by atoms with Gasteiger partial charge in [-0.1, -0.05) is 19.1 Å². The predicted molar refractivity (Wildman–Crippen MR) is 92.5 cm³/mol. The van der Waals surface area contributed by atoms with Crippen LogP contribution in [0.3, 0.4) is 0 Å². The Balaban J connectivity index is 2.14. The van der Waals surface area contributed by atoms with Crippen LogP contribution in [-0.2, 0) is 26.0 Å². The number of piperidine rings is 1. The second kappa shape index (κ2) is 8.25. The summed E-state index contributed by atoms with van der Waals surface area (Å²) in [5.74, 6) is -0.786. The Morgan fingerprint density at radius 2 is 2.04 bits per heavy atom. The maximum Gasteiger partial charge on any atom is 0.259 e. The largest absolute Gasteiger partial charge is 0.383 e. The van der Waals surface area contributed by atoms with Crippen molar-refractivity contribution in [2.45, 2.75) is 36.8 Å². The fourth-order valence-electron chi connectivity index (χ4n) is 2.83. The van der Waals surface area contributed by atoms with E-state index < -0.39 is 28.1 Å². The third kappa shape index (κ3) is 4.56. The zero-order valence-corrected chi connectivity index (χ0v) is 15.4. The zero-order valence-electron chi connectivity index (χ0n) is 14.6. The smallest absolute Gasteiger partial charge is 0.259 e. The lowest BCUT2D eigenvalue weighted by molar-refractivity contribution is -0.135. The summed E-state index contributed by atoms with van der Waals surface area (Å²) in [5.41, 5.74) is -1.20. The number of carbonyl (C=O) groups excluding carboxylic acids is 1. The highest BCUT2D eigenvalue weighted by Gasteiger charge is 2.45. The number of sulfonamides is 1. The molecule has 8 heteroatoms. The molecular formula is C17H25FN2O4S. The molecule has 1 aliphatic rings. The number of methoxy groups -OCH3 is 1. The number of carbonyl (C=O) groups is 1. The summed E-state index contributed by atoms with van der Waals surface area (Å²) < 4.78 is 46.5. The van der Waals surface area contributed by atoms with Gasteiger partial charge in [-0.2, -0.15) is 4.31 Å². The zero-order chi connectivity index (χ0) is 18.5. The maximum absolute atomic E-state index is 15.0. The van der Waals surface area contributed by atoms with Crippen molar-refractivity contribution >= 4 is 15.9 Å². The quantitative estimate of drug-likeness (QED) is 0.736. The topological polar surface area (TPSA) is 75.7 Å². The lowest BCUT2D eigenvalue weighted by Gasteiger charge is -2.35. The van der Waals surface area contributed by atoms with Gasteiger partial charge in [-0.15, -0.1) is 0 Å². The number of amides is 1. The second-order valence-corrected chi connectivity index (χ2v) is 8.09. The number of aryl methyl sites for hydroxylation is 1. The number of nitrogens with one attached hydrogen (secondary N) is 1. The molecule has 1 fully saturated rings. The van der Waals surface area contributed by atoms with Gasteiger partial charge in [-0.05, 0) is 37.0 Å². The molecule has 2 rings (SSSR count). The van der Waals surface area contributed by atoms with Crippen molar-refractivity contribution in [3.63, 3.8) is 0 Å². The summed E-state index contributed by atoms with van der Waals surface area (Å²) in [6.45, 7) is 2.17. The van der Waals surface area contributed by atoms with E-state index in [1.165, 1.54) is 19.2 Å². The molecule has 1 aromatic carbocycles. The first-order valence-corrected chi connectivity index (χ1v) is 9.83. The van der Waals surface area contributed by atoms with Gasteiger partial charge in [0, 0.05) is 20.2 Å². The van der Waals surface area contributed by atoms with Crippen LogP contribution in [0.1, 0.15) is 25.3 Å². The number of ether oxygens (including phenoxy) is 1. The van der Waals surface area contributed by atoms with Crippen LogP contribution in [0.5, 0.6) is 0 Å². The van der Waals surface area contributed by atoms with E-state index in [9.17, 15) is 13.2 Å². The average molecular weight is 372 g/mol. The van der Waals surface area contributed by atoms with Crippen LogP contribution in [0.2, 0.25) is 0 Å².